The lowest BCUT2D eigenvalue weighted by Gasteiger charge is -2.09. The zero-order valence-electron chi connectivity index (χ0n) is 20.0. The number of pyridine rings is 4. The van der Waals surface area contributed by atoms with Crippen molar-refractivity contribution in [1.82, 2.24) is 19.9 Å². The van der Waals surface area contributed by atoms with E-state index in [0.717, 1.165) is 28.2 Å². The fraction of sp³-hybridized carbons (Fsp3) is 0.0833. The molecule has 0 aromatic carbocycles. The number of aryl methyl sites for hydroxylation is 2. The molecule has 0 atom stereocenters. The van der Waals surface area contributed by atoms with Gasteiger partial charge in [0, 0.05) is 23.8 Å². The fourth-order valence-electron chi connectivity index (χ4n) is 2.57. The van der Waals surface area contributed by atoms with Crippen LogP contribution in [0.1, 0.15) is 31.8 Å². The highest BCUT2D eigenvalue weighted by atomic mass is 79.9. The molecule has 4 aromatic heterocycles. The van der Waals surface area contributed by atoms with Crippen molar-refractivity contribution >= 4 is 55.1 Å². The van der Waals surface area contributed by atoms with Gasteiger partial charge in [0.15, 0.2) is 23.3 Å². The monoisotopic (exact) mass is 672 g/mol. The van der Waals surface area contributed by atoms with Crippen LogP contribution in [-0.4, -0.2) is 36.9 Å². The molecule has 9 nitrogen and oxygen atoms in total. The number of carbonyl (C=O) groups is 2. The zero-order valence-corrected chi connectivity index (χ0v) is 23.2. The lowest BCUT2D eigenvalue weighted by atomic mass is 10.2. The number of nitrogens with zero attached hydrogens (tertiary/aromatic N) is 4. The van der Waals surface area contributed by atoms with Crippen molar-refractivity contribution < 1.29 is 32.3 Å². The van der Waals surface area contributed by atoms with E-state index in [9.17, 15) is 27.2 Å². The van der Waals surface area contributed by atoms with Gasteiger partial charge in [0.1, 0.15) is 20.3 Å². The molecule has 0 aliphatic carbocycles. The average Bonchev–Trinajstić information content (AvgIpc) is 2.84. The van der Waals surface area contributed by atoms with Gasteiger partial charge >= 0.3 is 5.97 Å². The molecule has 0 bridgehead atoms. The number of halogens is 6. The van der Waals surface area contributed by atoms with Crippen molar-refractivity contribution in [2.24, 2.45) is 0 Å². The van der Waals surface area contributed by atoms with Crippen LogP contribution in [-0.2, 0) is 0 Å². The Kier molecular flexibility index (Phi) is 11.4. The number of hydrogen-bond acceptors (Lipinski definition) is 7. The molecule has 0 fully saturated rings. The first kappa shape index (κ1) is 31.2. The van der Waals surface area contributed by atoms with E-state index in [1.807, 2.05) is 6.92 Å². The predicted octanol–water partition coefficient (Wildman–Crippen LogP) is 5.87. The van der Waals surface area contributed by atoms with Crippen molar-refractivity contribution in [3.63, 3.8) is 0 Å². The third-order valence-electron chi connectivity index (χ3n) is 4.58. The summed E-state index contributed by atoms with van der Waals surface area (Å²) in [5.41, 5.74) is 6.79. The minimum absolute atomic E-state index is 0.419. The van der Waals surface area contributed by atoms with Gasteiger partial charge < -0.3 is 16.2 Å². The molecule has 0 unspecified atom stereocenters. The number of carboxylic acids is 1. The third-order valence-corrected chi connectivity index (χ3v) is 5.44. The minimum atomic E-state index is -1.64. The molecular formula is C24H18Br2F4N6O3. The van der Waals surface area contributed by atoms with Gasteiger partial charge in [-0.15, -0.1) is 0 Å². The Labute approximate surface area is 235 Å². The molecule has 0 aliphatic rings. The predicted molar refractivity (Wildman–Crippen MR) is 141 cm³/mol. The molecule has 204 valence electrons. The number of hydrogen-bond donors (Lipinski definition) is 3. The van der Waals surface area contributed by atoms with E-state index < -0.39 is 46.3 Å². The topological polar surface area (TPSA) is 144 Å². The van der Waals surface area contributed by atoms with Crippen molar-refractivity contribution in [2.75, 3.05) is 11.1 Å². The van der Waals surface area contributed by atoms with Gasteiger partial charge in [0.25, 0.3) is 5.91 Å². The van der Waals surface area contributed by atoms with Crippen LogP contribution in [0.15, 0.2) is 58.5 Å². The molecule has 0 saturated carbocycles. The number of amides is 1. The minimum Gasteiger partial charge on any atom is -0.477 e. The number of carboxylic acid groups (broad SMARTS) is 1. The molecule has 0 spiro atoms. The first-order chi connectivity index (χ1) is 18.3. The Hall–Kier alpha value is -3.98. The summed E-state index contributed by atoms with van der Waals surface area (Å²) in [6, 6.07) is 3.33. The van der Waals surface area contributed by atoms with Crippen LogP contribution in [0.4, 0.5) is 28.9 Å². The summed E-state index contributed by atoms with van der Waals surface area (Å²) >= 11 is 6.36. The van der Waals surface area contributed by atoms with Crippen molar-refractivity contribution in [1.29, 1.82) is 0 Å². The number of aromatic nitrogens is 4. The summed E-state index contributed by atoms with van der Waals surface area (Å²) in [4.78, 5) is 36.4. The van der Waals surface area contributed by atoms with Crippen LogP contribution in [0.3, 0.4) is 0 Å². The number of nitrogens with one attached hydrogen (secondary N) is 1. The summed E-state index contributed by atoms with van der Waals surface area (Å²) in [6.45, 7) is 3.64. The molecule has 15 heteroatoms. The van der Waals surface area contributed by atoms with Gasteiger partial charge in [0.05, 0.1) is 24.8 Å². The summed E-state index contributed by atoms with van der Waals surface area (Å²) in [7, 11) is 0. The Bertz CT molecular complexity index is 1470. The fourth-order valence-corrected chi connectivity index (χ4v) is 3.25. The van der Waals surface area contributed by atoms with Gasteiger partial charge in [0.2, 0.25) is 0 Å². The van der Waals surface area contributed by atoms with Gasteiger partial charge in [-0.1, -0.05) is 0 Å². The van der Waals surface area contributed by atoms with Gasteiger partial charge in [-0.05, 0) is 69.0 Å². The summed E-state index contributed by atoms with van der Waals surface area (Å²) in [6.07, 6.45) is 6.12. The second-order valence-corrected chi connectivity index (χ2v) is 9.03. The number of aromatic carboxylic acids is 1. The Morgan fingerprint density at radius 1 is 0.769 bits per heavy atom. The first-order valence-corrected chi connectivity index (χ1v) is 12.0. The lowest BCUT2D eigenvalue weighted by molar-refractivity contribution is 0.0685. The van der Waals surface area contributed by atoms with Crippen molar-refractivity contribution in [3.8, 4) is 0 Å². The van der Waals surface area contributed by atoms with E-state index >= 15 is 0 Å². The maximum atomic E-state index is 13.4. The second kappa shape index (κ2) is 14.2. The van der Waals surface area contributed by atoms with Crippen LogP contribution in [0.2, 0.25) is 0 Å². The van der Waals surface area contributed by atoms with Gasteiger partial charge in [-0.3, -0.25) is 14.8 Å². The molecule has 4 aromatic rings. The van der Waals surface area contributed by atoms with E-state index in [2.05, 4.69) is 57.1 Å². The molecular weight excluding hydrogens is 656 g/mol. The number of rotatable bonds is 3. The van der Waals surface area contributed by atoms with E-state index in [4.69, 9.17) is 10.8 Å². The van der Waals surface area contributed by atoms with Crippen LogP contribution in [0, 0.1) is 37.1 Å². The molecule has 4 rings (SSSR count). The summed E-state index contributed by atoms with van der Waals surface area (Å²) in [5.74, 6) is -6.87. The van der Waals surface area contributed by atoms with E-state index in [1.165, 1.54) is 6.20 Å². The molecule has 0 aliphatic heterocycles. The van der Waals surface area contributed by atoms with Crippen LogP contribution < -0.4 is 11.1 Å². The molecule has 1 amide bonds. The Morgan fingerprint density at radius 2 is 1.21 bits per heavy atom. The standard InChI is InChI=1S/C12H8BrF2N3O.C6H7BrN2.C6H3F2NO2/c1-6-3-17-10(13)2-9(6)18-12(19)11-7(14)4-16-5-8(11)15;1-4-3-9-6(7)2-5(4)8;7-3-1-9-2-4(8)5(3)6(10)11/h2-5H,1H3,(H,17,18,19);2-3H,1H3,(H2,8,9);1-2H,(H,10,11). The van der Waals surface area contributed by atoms with Gasteiger partial charge in [-0.2, -0.15) is 0 Å². The van der Waals surface area contributed by atoms with Crippen LogP contribution in [0.5, 0.6) is 0 Å². The number of anilines is 2. The highest BCUT2D eigenvalue weighted by Crippen LogP contribution is 2.20. The molecule has 0 radical (unpaired) electrons. The maximum Gasteiger partial charge on any atom is 0.341 e. The number of nitrogens with two attached hydrogens (primary N) is 1. The normalized spacial score (nSPS) is 9.95. The lowest BCUT2D eigenvalue weighted by Crippen LogP contribution is -2.17. The smallest absolute Gasteiger partial charge is 0.341 e. The van der Waals surface area contributed by atoms with E-state index in [0.29, 0.717) is 28.2 Å². The van der Waals surface area contributed by atoms with Crippen molar-refractivity contribution in [2.45, 2.75) is 13.8 Å². The molecule has 4 heterocycles. The first-order valence-electron chi connectivity index (χ1n) is 10.4. The highest BCUT2D eigenvalue weighted by molar-refractivity contribution is 9.10. The maximum absolute atomic E-state index is 13.4. The number of carbonyl (C=O) groups excluding carboxylic acids is 1. The average molecular weight is 674 g/mol. The molecule has 39 heavy (non-hydrogen) atoms. The van der Waals surface area contributed by atoms with Gasteiger partial charge in [-0.25, -0.2) is 32.3 Å². The van der Waals surface area contributed by atoms with E-state index in [1.54, 1.807) is 25.3 Å². The Balaban J connectivity index is 0.000000226. The SMILES string of the molecule is Cc1cnc(Br)cc1N.Cc1cnc(Br)cc1NC(=O)c1c(F)cncc1F.O=C(O)c1c(F)cncc1F. The molecule has 4 N–H and O–H groups in total. The second-order valence-electron chi connectivity index (χ2n) is 7.40. The van der Waals surface area contributed by atoms with Crippen LogP contribution >= 0.6 is 31.9 Å². The number of nitrogen functional groups attached to an aromatic ring is 1. The molecule has 0 saturated heterocycles. The summed E-state index contributed by atoms with van der Waals surface area (Å²) < 4.78 is 52.9. The largest absolute Gasteiger partial charge is 0.477 e. The quantitative estimate of drug-likeness (QED) is 0.181. The Morgan fingerprint density at radius 3 is 1.62 bits per heavy atom. The van der Waals surface area contributed by atoms with E-state index in [-0.39, 0.29) is 0 Å². The summed E-state index contributed by atoms with van der Waals surface area (Å²) in [5, 5.41) is 10.7. The zero-order chi connectivity index (χ0) is 29.3. The highest BCUT2D eigenvalue weighted by Gasteiger charge is 2.18. The van der Waals surface area contributed by atoms with Crippen LogP contribution in [0.25, 0.3) is 0 Å². The third kappa shape index (κ3) is 9.07. The van der Waals surface area contributed by atoms with Crippen molar-refractivity contribution in [3.05, 3.63) is 104 Å².